The van der Waals surface area contributed by atoms with E-state index in [1.54, 1.807) is 0 Å². The van der Waals surface area contributed by atoms with E-state index < -0.39 is 5.97 Å². The third kappa shape index (κ3) is 4.87. The van der Waals surface area contributed by atoms with E-state index in [-0.39, 0.29) is 11.2 Å². The number of rotatable bonds is 7. The standard InChI is InChI=1S/C13H22N2O3S/c1-5-18-7-6-15-10(13(2,3)4)8-14-12(15)19-9-11(16)17/h8H,5-7,9H2,1-4H3,(H,16,17). The van der Waals surface area contributed by atoms with Gasteiger partial charge in [-0.15, -0.1) is 0 Å². The molecule has 0 saturated heterocycles. The minimum absolute atomic E-state index is 0.0230. The summed E-state index contributed by atoms with van der Waals surface area (Å²) < 4.78 is 7.44. The molecule has 6 heteroatoms. The lowest BCUT2D eigenvalue weighted by molar-refractivity contribution is -0.133. The Morgan fingerprint density at radius 1 is 1.53 bits per heavy atom. The molecule has 0 aromatic carbocycles. The molecular formula is C13H22N2O3S. The fraction of sp³-hybridized carbons (Fsp3) is 0.692. The first kappa shape index (κ1) is 16.0. The van der Waals surface area contributed by atoms with Crippen LogP contribution in [0.25, 0.3) is 0 Å². The van der Waals surface area contributed by atoms with Crippen LogP contribution in [0.5, 0.6) is 0 Å². The summed E-state index contributed by atoms with van der Waals surface area (Å²) in [5, 5.41) is 9.51. The molecule has 0 bridgehead atoms. The number of aromatic nitrogens is 2. The topological polar surface area (TPSA) is 64.4 Å². The highest BCUT2D eigenvalue weighted by atomic mass is 32.2. The number of hydrogen-bond acceptors (Lipinski definition) is 4. The number of carboxylic acid groups (broad SMARTS) is 1. The first-order chi connectivity index (χ1) is 8.86. The Morgan fingerprint density at radius 3 is 2.74 bits per heavy atom. The summed E-state index contributed by atoms with van der Waals surface area (Å²) in [6.07, 6.45) is 1.83. The molecule has 0 amide bonds. The molecule has 0 fully saturated rings. The molecule has 1 aromatic rings. The maximum Gasteiger partial charge on any atom is 0.313 e. The third-order valence-electron chi connectivity index (χ3n) is 2.58. The number of imidazole rings is 1. The summed E-state index contributed by atoms with van der Waals surface area (Å²) in [4.78, 5) is 15.0. The Balaban J connectivity index is 2.90. The molecule has 1 N–H and O–H groups in total. The molecule has 0 radical (unpaired) electrons. The molecule has 0 unspecified atom stereocenters. The minimum Gasteiger partial charge on any atom is -0.481 e. The molecule has 1 aromatic heterocycles. The average Bonchev–Trinajstić information content (AvgIpc) is 2.69. The molecular weight excluding hydrogens is 264 g/mol. The SMILES string of the molecule is CCOCCn1c(C(C)(C)C)cnc1SCC(=O)O. The van der Waals surface area contributed by atoms with Crippen LogP contribution >= 0.6 is 11.8 Å². The Hall–Kier alpha value is -1.01. The minimum atomic E-state index is -0.832. The first-order valence-corrected chi connectivity index (χ1v) is 7.33. The van der Waals surface area contributed by atoms with E-state index in [0.717, 1.165) is 10.9 Å². The second-order valence-electron chi connectivity index (χ2n) is 5.21. The second-order valence-corrected chi connectivity index (χ2v) is 6.15. The van der Waals surface area contributed by atoms with Gasteiger partial charge >= 0.3 is 5.97 Å². The van der Waals surface area contributed by atoms with Crippen molar-refractivity contribution in [2.45, 2.75) is 44.8 Å². The van der Waals surface area contributed by atoms with Crippen molar-refractivity contribution in [2.75, 3.05) is 19.0 Å². The van der Waals surface area contributed by atoms with E-state index in [9.17, 15) is 4.79 Å². The zero-order valence-corrected chi connectivity index (χ0v) is 12.8. The quantitative estimate of drug-likeness (QED) is 0.616. The number of carboxylic acids is 1. The van der Waals surface area contributed by atoms with E-state index >= 15 is 0 Å². The Bertz CT molecular complexity index is 424. The summed E-state index contributed by atoms with van der Waals surface area (Å²) in [6.45, 7) is 10.3. The summed E-state index contributed by atoms with van der Waals surface area (Å²) in [7, 11) is 0. The first-order valence-electron chi connectivity index (χ1n) is 6.34. The van der Waals surface area contributed by atoms with Gasteiger partial charge < -0.3 is 14.4 Å². The predicted octanol–water partition coefficient (Wildman–Crippen LogP) is 2.39. The lowest BCUT2D eigenvalue weighted by Gasteiger charge is -2.21. The van der Waals surface area contributed by atoms with Crippen LogP contribution in [0.2, 0.25) is 0 Å². The second kappa shape index (κ2) is 6.96. The highest BCUT2D eigenvalue weighted by Crippen LogP contribution is 2.27. The maximum atomic E-state index is 10.7. The molecule has 108 valence electrons. The fourth-order valence-electron chi connectivity index (χ4n) is 1.72. The third-order valence-corrected chi connectivity index (χ3v) is 3.55. The van der Waals surface area contributed by atoms with E-state index in [1.807, 2.05) is 13.1 Å². The summed E-state index contributed by atoms with van der Waals surface area (Å²) in [6, 6.07) is 0. The molecule has 0 aliphatic heterocycles. The summed E-state index contributed by atoms with van der Waals surface area (Å²) >= 11 is 1.25. The van der Waals surface area contributed by atoms with Gasteiger partial charge in [-0.3, -0.25) is 4.79 Å². The Labute approximate surface area is 118 Å². The smallest absolute Gasteiger partial charge is 0.313 e. The van der Waals surface area contributed by atoms with Crippen LogP contribution in [0.15, 0.2) is 11.4 Å². The van der Waals surface area contributed by atoms with Crippen molar-refractivity contribution in [1.29, 1.82) is 0 Å². The maximum absolute atomic E-state index is 10.7. The van der Waals surface area contributed by atoms with Gasteiger partial charge in [0.2, 0.25) is 0 Å². The van der Waals surface area contributed by atoms with Crippen LogP contribution in [0.1, 0.15) is 33.4 Å². The van der Waals surface area contributed by atoms with Crippen molar-refractivity contribution >= 4 is 17.7 Å². The Kier molecular flexibility index (Phi) is 5.87. The van der Waals surface area contributed by atoms with Crippen molar-refractivity contribution < 1.29 is 14.6 Å². The number of aliphatic carboxylic acids is 1. The summed E-state index contributed by atoms with van der Waals surface area (Å²) in [5.41, 5.74) is 1.07. The van der Waals surface area contributed by atoms with Gasteiger partial charge in [-0.2, -0.15) is 0 Å². The molecule has 0 atom stereocenters. The van der Waals surface area contributed by atoms with E-state index in [2.05, 4.69) is 30.3 Å². The van der Waals surface area contributed by atoms with Crippen molar-refractivity contribution in [3.05, 3.63) is 11.9 Å². The highest BCUT2D eigenvalue weighted by Gasteiger charge is 2.22. The molecule has 1 heterocycles. The van der Waals surface area contributed by atoms with Crippen molar-refractivity contribution in [3.63, 3.8) is 0 Å². The fourth-order valence-corrected chi connectivity index (χ4v) is 2.44. The van der Waals surface area contributed by atoms with Gasteiger partial charge in [-0.1, -0.05) is 32.5 Å². The zero-order valence-electron chi connectivity index (χ0n) is 12.0. The average molecular weight is 286 g/mol. The number of nitrogens with zero attached hydrogens (tertiary/aromatic N) is 2. The van der Waals surface area contributed by atoms with Crippen molar-refractivity contribution in [2.24, 2.45) is 0 Å². The molecule has 0 saturated carbocycles. The van der Waals surface area contributed by atoms with Crippen LogP contribution < -0.4 is 0 Å². The van der Waals surface area contributed by atoms with Crippen LogP contribution in [-0.2, 0) is 21.5 Å². The lowest BCUT2D eigenvalue weighted by atomic mass is 9.93. The predicted molar refractivity (Wildman–Crippen MR) is 75.8 cm³/mol. The largest absolute Gasteiger partial charge is 0.481 e. The lowest BCUT2D eigenvalue weighted by Crippen LogP contribution is -2.20. The monoisotopic (exact) mass is 286 g/mol. The van der Waals surface area contributed by atoms with Crippen LogP contribution in [-0.4, -0.2) is 39.6 Å². The van der Waals surface area contributed by atoms with E-state index in [1.165, 1.54) is 11.8 Å². The normalized spacial score (nSPS) is 11.8. The van der Waals surface area contributed by atoms with Crippen LogP contribution in [0, 0.1) is 0 Å². The zero-order chi connectivity index (χ0) is 14.5. The van der Waals surface area contributed by atoms with Crippen molar-refractivity contribution in [3.8, 4) is 0 Å². The Morgan fingerprint density at radius 2 is 2.21 bits per heavy atom. The van der Waals surface area contributed by atoms with Gasteiger partial charge in [-0.25, -0.2) is 4.98 Å². The van der Waals surface area contributed by atoms with Gasteiger partial charge in [0.25, 0.3) is 0 Å². The van der Waals surface area contributed by atoms with Gasteiger partial charge in [0.05, 0.1) is 12.4 Å². The molecule has 1 rings (SSSR count). The van der Waals surface area contributed by atoms with E-state index in [4.69, 9.17) is 9.84 Å². The van der Waals surface area contributed by atoms with Gasteiger partial charge in [0.15, 0.2) is 5.16 Å². The number of ether oxygens (including phenoxy) is 1. The number of carbonyl (C=O) groups is 1. The highest BCUT2D eigenvalue weighted by molar-refractivity contribution is 7.99. The molecule has 0 spiro atoms. The molecule has 0 aliphatic rings. The number of thioether (sulfide) groups is 1. The molecule has 5 nitrogen and oxygen atoms in total. The van der Waals surface area contributed by atoms with Crippen LogP contribution in [0.3, 0.4) is 0 Å². The van der Waals surface area contributed by atoms with Crippen LogP contribution in [0.4, 0.5) is 0 Å². The van der Waals surface area contributed by atoms with Crippen molar-refractivity contribution in [1.82, 2.24) is 9.55 Å². The van der Waals surface area contributed by atoms with Gasteiger partial charge in [0.1, 0.15) is 0 Å². The molecule has 0 aliphatic carbocycles. The van der Waals surface area contributed by atoms with E-state index in [0.29, 0.717) is 19.8 Å². The molecule has 19 heavy (non-hydrogen) atoms. The van der Waals surface area contributed by atoms with Gasteiger partial charge in [-0.05, 0) is 6.92 Å². The summed E-state index contributed by atoms with van der Waals surface area (Å²) in [5.74, 6) is -0.809. The van der Waals surface area contributed by atoms with Gasteiger partial charge in [0, 0.05) is 30.5 Å². The number of hydrogen-bond donors (Lipinski definition) is 1.